The van der Waals surface area contributed by atoms with Crippen LogP contribution in [0, 0.1) is 23.5 Å². The Morgan fingerprint density at radius 2 is 0.915 bits per heavy atom. The van der Waals surface area contributed by atoms with Crippen molar-refractivity contribution in [2.24, 2.45) is 25.9 Å². The van der Waals surface area contributed by atoms with E-state index in [0.717, 1.165) is 69.1 Å². The van der Waals surface area contributed by atoms with Gasteiger partial charge in [-0.2, -0.15) is 0 Å². The summed E-state index contributed by atoms with van der Waals surface area (Å²) < 4.78 is 49.7. The SMILES string of the molecule is C[C@@H](C(=O)N[C@H](C(=O)N1CCN(C(=O)c2c(C(=O)NCCOCCOCCNC(=O)c3c(C(=O)N4CCN(C(=O)[C@@H](NC(=O)[C@H](C)N(C)C(=O)OC(C)(C)C)C5CCCCC5)CC4)n(C)c4ccc(F)cc34)c3cc(F)ccc3n2C)CC1)C1CCCCC1)N(C)C(=O)O. The zero-order chi connectivity index (χ0) is 68.3. The lowest BCUT2D eigenvalue weighted by atomic mass is 9.83. The summed E-state index contributed by atoms with van der Waals surface area (Å²) >= 11 is 0. The number of carbonyl (C=O) groups is 10. The van der Waals surface area contributed by atoms with E-state index < -0.39 is 89.0 Å². The smallest absolute Gasteiger partial charge is 0.410 e. The van der Waals surface area contributed by atoms with Gasteiger partial charge in [0.1, 0.15) is 52.8 Å². The van der Waals surface area contributed by atoms with Crippen LogP contribution in [0.3, 0.4) is 0 Å². The molecule has 514 valence electrons. The molecular weight excluding hydrogens is 1220 g/mol. The van der Waals surface area contributed by atoms with Crippen molar-refractivity contribution in [2.45, 2.75) is 129 Å². The van der Waals surface area contributed by atoms with E-state index in [1.54, 1.807) is 61.1 Å². The number of amides is 10. The second kappa shape index (κ2) is 31.7. The zero-order valence-electron chi connectivity index (χ0n) is 55.5. The Morgan fingerprint density at radius 1 is 0.553 bits per heavy atom. The molecule has 94 heavy (non-hydrogen) atoms. The summed E-state index contributed by atoms with van der Waals surface area (Å²) in [5.74, 6) is -5.47. The molecule has 0 unspecified atom stereocenters. The molecule has 8 rings (SSSR count). The van der Waals surface area contributed by atoms with E-state index in [2.05, 4.69) is 21.3 Å². The number of piperazine rings is 2. The molecule has 5 N–H and O–H groups in total. The first-order chi connectivity index (χ1) is 44.7. The lowest BCUT2D eigenvalue weighted by Crippen LogP contribution is -2.60. The van der Waals surface area contributed by atoms with Crippen LogP contribution in [0.25, 0.3) is 21.8 Å². The molecule has 2 aliphatic heterocycles. The van der Waals surface area contributed by atoms with Crippen LogP contribution in [0.4, 0.5) is 18.4 Å². The van der Waals surface area contributed by atoms with E-state index in [1.807, 2.05) is 0 Å². The quantitative estimate of drug-likeness (QED) is 0.0605. The Labute approximate surface area is 546 Å². The Kier molecular flexibility index (Phi) is 24.1. The molecule has 0 radical (unpaired) electrons. The summed E-state index contributed by atoms with van der Waals surface area (Å²) in [6.45, 7) is 9.38. The van der Waals surface area contributed by atoms with Crippen molar-refractivity contribution in [1.82, 2.24) is 59.8 Å². The predicted molar refractivity (Wildman–Crippen MR) is 343 cm³/mol. The number of halogens is 2. The number of ether oxygens (including phenoxy) is 3. The van der Waals surface area contributed by atoms with Crippen LogP contribution in [0.2, 0.25) is 0 Å². The summed E-state index contributed by atoms with van der Waals surface area (Å²) in [5.41, 5.74) is 0.0801. The Morgan fingerprint density at radius 3 is 1.28 bits per heavy atom. The van der Waals surface area contributed by atoms with Gasteiger partial charge in [-0.25, -0.2) is 18.4 Å². The highest BCUT2D eigenvalue weighted by Gasteiger charge is 2.41. The van der Waals surface area contributed by atoms with Crippen LogP contribution in [0.15, 0.2) is 36.4 Å². The van der Waals surface area contributed by atoms with Crippen LogP contribution in [-0.4, -0.2) is 239 Å². The van der Waals surface area contributed by atoms with E-state index in [1.165, 1.54) is 71.8 Å². The number of carboxylic acid groups (broad SMARTS) is 1. The van der Waals surface area contributed by atoms with E-state index in [0.29, 0.717) is 11.0 Å². The molecule has 4 aliphatic rings. The molecule has 0 bridgehead atoms. The highest BCUT2D eigenvalue weighted by molar-refractivity contribution is 6.17. The minimum atomic E-state index is -1.28. The van der Waals surface area contributed by atoms with E-state index in [9.17, 15) is 61.8 Å². The number of nitrogens with one attached hydrogen (secondary N) is 4. The largest absolute Gasteiger partial charge is 0.465 e. The highest BCUT2D eigenvalue weighted by atomic mass is 19.1. The van der Waals surface area contributed by atoms with Gasteiger partial charge < -0.3 is 69.3 Å². The molecule has 4 aromatic rings. The standard InChI is InChI=1S/C66H92F2N12O14/c1-40(73(6)64(89)90)56(81)71-52(42-16-12-10-13-17-42)60(85)77-26-30-79(31-27-77)62(87)54-50(46-38-44(67)20-22-48(46)75(54)8)58(83)69-24-34-92-36-37-93-35-25-70-59(84)51-47-39-45(68)21-23-49(47)76(9)55(51)63(88)80-32-28-78(29-33-80)61(86)53(43-18-14-11-15-19-43)72-57(82)41(2)74(7)65(91)94-66(3,4)5/h20-23,38-43,52-53H,10-19,24-37H2,1-9H3,(H,69,83)(H,70,84)(H,71,81)(H,72,82)(H,89,90)/t40-,41-,52-,53-/m0/s1. The number of benzene rings is 2. The zero-order valence-corrected chi connectivity index (χ0v) is 55.5. The fraction of sp³-hybridized carbons (Fsp3) is 0.606. The fourth-order valence-corrected chi connectivity index (χ4v) is 13.0. The van der Waals surface area contributed by atoms with Crippen molar-refractivity contribution in [3.8, 4) is 0 Å². The Bertz CT molecular complexity index is 3450. The van der Waals surface area contributed by atoms with Crippen LogP contribution in [0.1, 0.15) is 141 Å². The summed E-state index contributed by atoms with van der Waals surface area (Å²) in [6.07, 6.45) is 6.55. The molecule has 0 spiro atoms. The minimum absolute atomic E-state index is 0.0000560. The van der Waals surface area contributed by atoms with E-state index in [4.69, 9.17) is 14.2 Å². The van der Waals surface area contributed by atoms with Gasteiger partial charge in [-0.3, -0.25) is 48.2 Å². The molecule has 4 fully saturated rings. The molecule has 2 aliphatic carbocycles. The first kappa shape index (κ1) is 71.4. The van der Waals surface area contributed by atoms with Crippen LogP contribution < -0.4 is 21.3 Å². The van der Waals surface area contributed by atoms with Crippen LogP contribution in [0.5, 0.6) is 0 Å². The van der Waals surface area contributed by atoms with Crippen molar-refractivity contribution in [3.05, 3.63) is 70.5 Å². The predicted octanol–water partition coefficient (Wildman–Crippen LogP) is 5.09. The summed E-state index contributed by atoms with van der Waals surface area (Å²) in [5, 5.41) is 21.3. The van der Waals surface area contributed by atoms with Crippen molar-refractivity contribution in [2.75, 3.05) is 106 Å². The monoisotopic (exact) mass is 1310 g/mol. The van der Waals surface area contributed by atoms with Gasteiger partial charge in [0.15, 0.2) is 0 Å². The number of hydrogen-bond donors (Lipinski definition) is 5. The first-order valence-electron chi connectivity index (χ1n) is 32.6. The van der Waals surface area contributed by atoms with Gasteiger partial charge in [0.2, 0.25) is 23.6 Å². The lowest BCUT2D eigenvalue weighted by molar-refractivity contribution is -0.140. The maximum absolute atomic E-state index is 14.9. The molecule has 4 heterocycles. The molecule has 4 atom stereocenters. The molecule has 2 saturated carbocycles. The normalized spacial score (nSPS) is 17.2. The maximum atomic E-state index is 14.9. The van der Waals surface area contributed by atoms with Gasteiger partial charge >= 0.3 is 12.2 Å². The van der Waals surface area contributed by atoms with Crippen molar-refractivity contribution in [3.63, 3.8) is 0 Å². The van der Waals surface area contributed by atoms with Crippen molar-refractivity contribution >= 4 is 81.2 Å². The van der Waals surface area contributed by atoms with Gasteiger partial charge in [0, 0.05) is 115 Å². The molecule has 10 amide bonds. The molecule has 26 nitrogen and oxygen atoms in total. The second-order valence-electron chi connectivity index (χ2n) is 26.0. The van der Waals surface area contributed by atoms with Gasteiger partial charge in [-0.1, -0.05) is 38.5 Å². The average molecular weight is 1320 g/mol. The summed E-state index contributed by atoms with van der Waals surface area (Å²) in [6, 6.07) is 4.12. The number of aromatic nitrogens is 2. The summed E-state index contributed by atoms with van der Waals surface area (Å²) in [4.78, 5) is 145. The Hall–Kier alpha value is -8.40. The molecular formula is C66H92F2N12O14. The maximum Gasteiger partial charge on any atom is 0.410 e. The minimum Gasteiger partial charge on any atom is -0.465 e. The third kappa shape index (κ3) is 16.9. The third-order valence-electron chi connectivity index (χ3n) is 18.6. The van der Waals surface area contributed by atoms with Gasteiger partial charge in [0.05, 0.1) is 37.6 Å². The van der Waals surface area contributed by atoms with Crippen LogP contribution in [-0.2, 0) is 47.5 Å². The second-order valence-corrected chi connectivity index (χ2v) is 26.0. The van der Waals surface area contributed by atoms with E-state index in [-0.39, 0.29) is 149 Å². The number of hydrogen-bond acceptors (Lipinski definition) is 13. The fourth-order valence-electron chi connectivity index (χ4n) is 13.0. The molecule has 2 aromatic heterocycles. The number of carbonyl (C=O) groups excluding carboxylic acids is 9. The van der Waals surface area contributed by atoms with E-state index >= 15 is 0 Å². The number of rotatable bonds is 23. The number of likely N-dealkylation sites (N-methyl/N-ethyl adjacent to an activating group) is 2. The number of nitrogens with zero attached hydrogens (tertiary/aromatic N) is 8. The average Bonchev–Trinajstić information content (AvgIpc) is 1.61. The number of fused-ring (bicyclic) bond motifs is 2. The first-order valence-corrected chi connectivity index (χ1v) is 32.6. The Balaban J connectivity index is 0.810. The lowest BCUT2D eigenvalue weighted by Gasteiger charge is -2.39. The van der Waals surface area contributed by atoms with Gasteiger partial charge in [-0.05, 0) is 109 Å². The molecule has 2 aromatic carbocycles. The highest BCUT2D eigenvalue weighted by Crippen LogP contribution is 2.33. The molecule has 2 saturated heterocycles. The number of aryl methyl sites for hydroxylation is 2. The van der Waals surface area contributed by atoms with Crippen molar-refractivity contribution in [1.29, 1.82) is 0 Å². The van der Waals surface area contributed by atoms with Crippen LogP contribution >= 0.6 is 0 Å². The van der Waals surface area contributed by atoms with Gasteiger partial charge in [-0.15, -0.1) is 0 Å². The summed E-state index contributed by atoms with van der Waals surface area (Å²) in [7, 11) is 5.98. The van der Waals surface area contributed by atoms with Gasteiger partial charge in [0.25, 0.3) is 23.6 Å². The molecule has 28 heteroatoms. The topological polar surface area (TPSA) is 296 Å². The van der Waals surface area contributed by atoms with Crippen molar-refractivity contribution < 1.29 is 76.0 Å². The third-order valence-corrected chi connectivity index (χ3v) is 18.6.